The van der Waals surface area contributed by atoms with Gasteiger partial charge in [-0.15, -0.1) is 4.99 Å². The molecule has 46 heavy (non-hydrogen) atoms. The van der Waals surface area contributed by atoms with Crippen LogP contribution < -0.4 is 5.32 Å². The Bertz CT molecular complexity index is 2540. The number of para-hydroxylation sites is 1. The molecule has 1 aromatic heterocycles. The van der Waals surface area contributed by atoms with E-state index in [2.05, 4.69) is 106 Å². The molecule has 0 saturated heterocycles. The molecule has 2 aliphatic carbocycles. The van der Waals surface area contributed by atoms with Gasteiger partial charge in [0.1, 0.15) is 6.07 Å². The van der Waals surface area contributed by atoms with Crippen LogP contribution >= 0.6 is 0 Å². The molecule has 0 bridgehead atoms. The van der Waals surface area contributed by atoms with E-state index < -0.39 is 6.04 Å². The number of nitriles is 1. The van der Waals surface area contributed by atoms with Crippen molar-refractivity contribution < 1.29 is 0 Å². The lowest BCUT2D eigenvalue weighted by Crippen LogP contribution is -2.32. The van der Waals surface area contributed by atoms with Crippen molar-refractivity contribution >= 4 is 56.0 Å². The van der Waals surface area contributed by atoms with Gasteiger partial charge in [-0.3, -0.25) is 0 Å². The number of nitrogens with zero attached hydrogens (tertiary/aromatic N) is 5. The fraction of sp³-hybridized carbons (Fsp3) is 0.0750. The minimum atomic E-state index is -0.745. The summed E-state index contributed by atoms with van der Waals surface area (Å²) in [5.41, 5.74) is 8.94. The van der Waals surface area contributed by atoms with E-state index in [1.807, 2.05) is 24.3 Å². The van der Waals surface area contributed by atoms with E-state index >= 15 is 0 Å². The fourth-order valence-corrected chi connectivity index (χ4v) is 7.15. The van der Waals surface area contributed by atoms with Crippen molar-refractivity contribution in [1.29, 1.82) is 5.26 Å². The lowest BCUT2D eigenvalue weighted by molar-refractivity contribution is 0.740. The molecule has 1 aliphatic heterocycles. The highest BCUT2D eigenvalue weighted by molar-refractivity contribution is 6.08. The molecule has 214 valence electrons. The number of allylic oxidation sites excluding steroid dienone is 2. The monoisotopic (exact) mass is 588 g/mol. The Balaban J connectivity index is 1.23. The van der Waals surface area contributed by atoms with Gasteiger partial charge in [0, 0.05) is 10.9 Å². The first kappa shape index (κ1) is 26.1. The van der Waals surface area contributed by atoms with E-state index in [1.165, 1.54) is 27.3 Å². The normalized spacial score (nSPS) is 16.3. The zero-order valence-corrected chi connectivity index (χ0v) is 24.6. The summed E-state index contributed by atoms with van der Waals surface area (Å²) in [4.78, 5) is 18.5. The Labute approximate surface area is 265 Å². The topological polar surface area (TPSA) is 78.3 Å². The maximum absolute atomic E-state index is 10.3. The average Bonchev–Trinajstić information content (AvgIpc) is 3.11. The summed E-state index contributed by atoms with van der Waals surface area (Å²) in [5.74, 6) is 0.577. The Morgan fingerprint density at radius 1 is 0.826 bits per heavy atom. The second-order valence-electron chi connectivity index (χ2n) is 11.8. The molecule has 9 rings (SSSR count). The second kappa shape index (κ2) is 10.1. The molecule has 1 atom stereocenters. The molecule has 3 aliphatic rings. The molecule has 6 nitrogen and oxygen atoms in total. The standard InChI is InChI=1S/C40H24N6/c1-42-39-36(28-20-26-13-5-8-23-9-6-14-27(21-28)34(23)26)45-38(33(22-41)44-39)40-43-32-17-3-2-15-31(32)37(46-40)30-19-18-25-11-4-10-24-12-7-16-29(30)35(24)25/h2-8,10-11,13-21,38,45H,9,12H2. The SMILES string of the molecule is [C-]#[N+]C1=C(c2cc3c4c(cccc4c2)CC=C3)NC(c2nc(-c3ccc4cccc5c4c3C=CC5)c3ccccc3n2)C(C#N)=N1. The summed E-state index contributed by atoms with van der Waals surface area (Å²) in [6, 6.07) is 30.7. The van der Waals surface area contributed by atoms with Crippen molar-refractivity contribution in [2.24, 2.45) is 4.99 Å². The quantitative estimate of drug-likeness (QED) is 0.210. The van der Waals surface area contributed by atoms with Crippen molar-refractivity contribution in [3.63, 3.8) is 0 Å². The van der Waals surface area contributed by atoms with Crippen molar-refractivity contribution in [3.05, 3.63) is 148 Å². The zero-order valence-electron chi connectivity index (χ0n) is 24.6. The minimum Gasteiger partial charge on any atom is -0.375 e. The number of nitrogens with one attached hydrogen (secondary N) is 1. The molecule has 0 fully saturated rings. The van der Waals surface area contributed by atoms with E-state index in [9.17, 15) is 5.26 Å². The minimum absolute atomic E-state index is 0.146. The summed E-state index contributed by atoms with van der Waals surface area (Å²) in [6.07, 6.45) is 10.5. The first-order valence-corrected chi connectivity index (χ1v) is 15.3. The van der Waals surface area contributed by atoms with Gasteiger partial charge in [0.15, 0.2) is 11.9 Å². The molecular weight excluding hydrogens is 564 g/mol. The number of aromatic nitrogens is 2. The first-order valence-electron chi connectivity index (χ1n) is 15.3. The van der Waals surface area contributed by atoms with E-state index in [0.717, 1.165) is 57.1 Å². The van der Waals surface area contributed by atoms with Gasteiger partial charge in [0.2, 0.25) is 5.71 Å². The molecule has 1 unspecified atom stereocenters. The van der Waals surface area contributed by atoms with E-state index in [4.69, 9.17) is 16.5 Å². The summed E-state index contributed by atoms with van der Waals surface area (Å²) in [5, 5.41) is 19.5. The highest BCUT2D eigenvalue weighted by atomic mass is 15.1. The van der Waals surface area contributed by atoms with Crippen molar-refractivity contribution in [1.82, 2.24) is 15.3 Å². The Hall–Kier alpha value is -6.37. The van der Waals surface area contributed by atoms with Crippen LogP contribution in [-0.2, 0) is 12.8 Å². The third-order valence-corrected chi connectivity index (χ3v) is 9.18. The lowest BCUT2D eigenvalue weighted by atomic mass is 9.88. The van der Waals surface area contributed by atoms with Crippen molar-refractivity contribution in [3.8, 4) is 17.3 Å². The predicted octanol–water partition coefficient (Wildman–Crippen LogP) is 8.60. The highest BCUT2D eigenvalue weighted by Crippen LogP contribution is 2.39. The summed E-state index contributed by atoms with van der Waals surface area (Å²) < 4.78 is 0. The molecule has 5 aromatic carbocycles. The van der Waals surface area contributed by atoms with Crippen LogP contribution in [0.2, 0.25) is 0 Å². The van der Waals surface area contributed by atoms with Crippen LogP contribution in [0.15, 0.2) is 108 Å². The Morgan fingerprint density at radius 3 is 2.48 bits per heavy atom. The van der Waals surface area contributed by atoms with Gasteiger partial charge in [0.05, 0.1) is 16.9 Å². The third kappa shape index (κ3) is 3.91. The summed E-state index contributed by atoms with van der Waals surface area (Å²) >= 11 is 0. The van der Waals surface area contributed by atoms with Crippen molar-refractivity contribution in [2.45, 2.75) is 18.9 Å². The third-order valence-electron chi connectivity index (χ3n) is 9.18. The van der Waals surface area contributed by atoms with Crippen LogP contribution in [0.4, 0.5) is 0 Å². The lowest BCUT2D eigenvalue weighted by Gasteiger charge is -2.24. The predicted molar refractivity (Wildman–Crippen MR) is 184 cm³/mol. The van der Waals surface area contributed by atoms with Gasteiger partial charge < -0.3 is 10.2 Å². The fourth-order valence-electron chi connectivity index (χ4n) is 7.15. The van der Waals surface area contributed by atoms with E-state index in [0.29, 0.717) is 11.5 Å². The molecule has 0 saturated carbocycles. The van der Waals surface area contributed by atoms with Crippen LogP contribution in [-0.4, -0.2) is 15.7 Å². The Morgan fingerprint density at radius 2 is 1.63 bits per heavy atom. The molecule has 0 spiro atoms. The van der Waals surface area contributed by atoms with E-state index in [1.54, 1.807) is 0 Å². The largest absolute Gasteiger partial charge is 0.375 e. The number of hydrogen-bond acceptors (Lipinski definition) is 5. The summed E-state index contributed by atoms with van der Waals surface area (Å²) in [6.45, 7) is 7.97. The smallest absolute Gasteiger partial charge is 0.294 e. The number of rotatable bonds is 3. The molecule has 6 aromatic rings. The number of fused-ring (bicyclic) bond motifs is 1. The molecule has 6 heteroatoms. The highest BCUT2D eigenvalue weighted by Gasteiger charge is 2.33. The second-order valence-corrected chi connectivity index (χ2v) is 11.8. The maximum Gasteiger partial charge on any atom is 0.294 e. The van der Waals surface area contributed by atoms with Gasteiger partial charge in [-0.2, -0.15) is 5.26 Å². The van der Waals surface area contributed by atoms with Gasteiger partial charge in [-0.25, -0.2) is 9.97 Å². The van der Waals surface area contributed by atoms with Crippen molar-refractivity contribution in [2.75, 3.05) is 0 Å². The van der Waals surface area contributed by atoms with Gasteiger partial charge >= 0.3 is 0 Å². The van der Waals surface area contributed by atoms with E-state index in [-0.39, 0.29) is 11.5 Å². The van der Waals surface area contributed by atoms with Gasteiger partial charge in [-0.05, 0) is 80.4 Å². The van der Waals surface area contributed by atoms with Gasteiger partial charge in [0.25, 0.3) is 5.82 Å². The molecule has 0 radical (unpaired) electrons. The van der Waals surface area contributed by atoms with Crippen LogP contribution in [0, 0.1) is 17.9 Å². The first-order chi connectivity index (χ1) is 22.7. The van der Waals surface area contributed by atoms with Crippen LogP contribution in [0.5, 0.6) is 0 Å². The average molecular weight is 589 g/mol. The maximum atomic E-state index is 10.3. The molecular formula is C40H24N6. The molecule has 0 amide bonds. The summed E-state index contributed by atoms with van der Waals surface area (Å²) in [7, 11) is 0. The number of benzene rings is 5. The number of aliphatic imine (C=N–C) groups is 1. The van der Waals surface area contributed by atoms with Crippen LogP contribution in [0.1, 0.15) is 39.7 Å². The van der Waals surface area contributed by atoms with Crippen LogP contribution in [0.25, 0.3) is 66.4 Å². The number of hydrogen-bond donors (Lipinski definition) is 1. The molecule has 1 N–H and O–H groups in total. The van der Waals surface area contributed by atoms with Gasteiger partial charge in [-0.1, -0.05) is 97.6 Å². The zero-order chi connectivity index (χ0) is 30.8. The van der Waals surface area contributed by atoms with Crippen LogP contribution in [0.3, 0.4) is 0 Å². The molecule has 2 heterocycles. The Kier molecular flexibility index (Phi) is 5.72.